The number of hydrogen-bond acceptors (Lipinski definition) is 2. The number of nitrogens with zero attached hydrogens (tertiary/aromatic N) is 3. The first-order valence-electron chi connectivity index (χ1n) is 8.80. The third kappa shape index (κ3) is 4.06. The fourth-order valence-corrected chi connectivity index (χ4v) is 3.11. The summed E-state index contributed by atoms with van der Waals surface area (Å²) in [6.45, 7) is 12.7. The average Bonchev–Trinajstić information content (AvgIpc) is 3.24. The molecule has 0 aliphatic heterocycles. The molecule has 0 bridgehead atoms. The van der Waals surface area contributed by atoms with Crippen molar-refractivity contribution >= 4 is 6.03 Å². The molecule has 5 nitrogen and oxygen atoms in total. The molecule has 1 aromatic rings. The maximum Gasteiger partial charge on any atom is 0.318 e. The van der Waals surface area contributed by atoms with Crippen molar-refractivity contribution in [3.05, 3.63) is 17.0 Å². The van der Waals surface area contributed by atoms with Gasteiger partial charge in [-0.2, -0.15) is 5.10 Å². The highest BCUT2D eigenvalue weighted by atomic mass is 16.2. The van der Waals surface area contributed by atoms with E-state index < -0.39 is 0 Å². The zero-order chi connectivity index (χ0) is 17.3. The van der Waals surface area contributed by atoms with Crippen LogP contribution in [0.1, 0.15) is 57.5 Å². The largest absolute Gasteiger partial charge is 0.335 e. The molecule has 0 radical (unpaired) electrons. The molecule has 1 saturated carbocycles. The van der Waals surface area contributed by atoms with E-state index >= 15 is 0 Å². The predicted molar refractivity (Wildman–Crippen MR) is 93.5 cm³/mol. The third-order valence-corrected chi connectivity index (χ3v) is 5.12. The summed E-state index contributed by atoms with van der Waals surface area (Å²) < 4.78 is 1.91. The molecule has 5 heteroatoms. The zero-order valence-corrected chi connectivity index (χ0v) is 15.7. The molecule has 1 aromatic heterocycles. The number of rotatable bonds is 6. The van der Waals surface area contributed by atoms with Gasteiger partial charge in [0.1, 0.15) is 0 Å². The van der Waals surface area contributed by atoms with Crippen LogP contribution in [-0.4, -0.2) is 38.8 Å². The molecule has 1 aliphatic rings. The van der Waals surface area contributed by atoms with Crippen LogP contribution >= 0.6 is 0 Å². The van der Waals surface area contributed by atoms with E-state index in [4.69, 9.17) is 0 Å². The van der Waals surface area contributed by atoms with Gasteiger partial charge in [0.25, 0.3) is 0 Å². The second-order valence-corrected chi connectivity index (χ2v) is 7.45. The molecule has 2 rings (SSSR count). The van der Waals surface area contributed by atoms with Gasteiger partial charge in [-0.1, -0.05) is 13.8 Å². The standard InChI is InChI=1S/C18H32N4O/c1-11(2)14(5)22(16-8-9-16)18(23)19-12(3)10-17-13(4)20-21(7)15(17)6/h11-12,14,16H,8-10H2,1-7H3,(H,19,23)/t12-,14+/m0/s1. The number of amides is 2. The van der Waals surface area contributed by atoms with E-state index in [0.717, 1.165) is 25.0 Å². The minimum Gasteiger partial charge on any atom is -0.335 e. The highest BCUT2D eigenvalue weighted by molar-refractivity contribution is 5.75. The summed E-state index contributed by atoms with van der Waals surface area (Å²) in [5.41, 5.74) is 3.48. The number of nitrogens with one attached hydrogen (secondary N) is 1. The first-order chi connectivity index (χ1) is 10.7. The van der Waals surface area contributed by atoms with Crippen molar-refractivity contribution in [2.24, 2.45) is 13.0 Å². The van der Waals surface area contributed by atoms with Gasteiger partial charge in [-0.05, 0) is 58.4 Å². The van der Waals surface area contributed by atoms with Gasteiger partial charge in [-0.25, -0.2) is 4.79 Å². The summed E-state index contributed by atoms with van der Waals surface area (Å²) in [6, 6.07) is 0.892. The number of urea groups is 1. The van der Waals surface area contributed by atoms with Gasteiger partial charge in [0.15, 0.2) is 0 Å². The van der Waals surface area contributed by atoms with Crippen molar-refractivity contribution in [2.75, 3.05) is 0 Å². The van der Waals surface area contributed by atoms with Crippen LogP contribution in [0.25, 0.3) is 0 Å². The molecule has 0 saturated heterocycles. The molecular weight excluding hydrogens is 288 g/mol. The lowest BCUT2D eigenvalue weighted by Crippen LogP contribution is -2.50. The van der Waals surface area contributed by atoms with Crippen molar-refractivity contribution in [1.82, 2.24) is 20.0 Å². The average molecular weight is 320 g/mol. The number of aromatic nitrogens is 2. The van der Waals surface area contributed by atoms with Crippen LogP contribution in [-0.2, 0) is 13.5 Å². The SMILES string of the molecule is Cc1nn(C)c(C)c1C[C@H](C)NC(=O)N(C1CC1)[C@H](C)C(C)C. The first-order valence-corrected chi connectivity index (χ1v) is 8.80. The molecule has 0 unspecified atom stereocenters. The minimum absolute atomic E-state index is 0.0837. The summed E-state index contributed by atoms with van der Waals surface area (Å²) in [6.07, 6.45) is 3.10. The van der Waals surface area contributed by atoms with E-state index in [1.165, 1.54) is 11.3 Å². The Morgan fingerprint density at radius 3 is 2.35 bits per heavy atom. The van der Waals surface area contributed by atoms with Crippen molar-refractivity contribution in [2.45, 2.75) is 78.9 Å². The van der Waals surface area contributed by atoms with E-state index in [1.54, 1.807) is 0 Å². The molecule has 1 N–H and O–H groups in total. The van der Waals surface area contributed by atoms with Crippen molar-refractivity contribution < 1.29 is 4.79 Å². The predicted octanol–water partition coefficient (Wildman–Crippen LogP) is 3.19. The van der Waals surface area contributed by atoms with Crippen LogP contribution in [0.15, 0.2) is 0 Å². The van der Waals surface area contributed by atoms with Gasteiger partial charge < -0.3 is 10.2 Å². The van der Waals surface area contributed by atoms with Gasteiger partial charge >= 0.3 is 6.03 Å². The lowest BCUT2D eigenvalue weighted by atomic mass is 10.0. The van der Waals surface area contributed by atoms with Crippen LogP contribution < -0.4 is 5.32 Å². The van der Waals surface area contributed by atoms with Crippen LogP contribution in [0.5, 0.6) is 0 Å². The van der Waals surface area contributed by atoms with Gasteiger partial charge in [0.2, 0.25) is 0 Å². The summed E-state index contributed by atoms with van der Waals surface area (Å²) in [4.78, 5) is 14.8. The summed E-state index contributed by atoms with van der Waals surface area (Å²) in [5, 5.41) is 7.66. The Balaban J connectivity index is 2.00. The molecule has 0 aromatic carbocycles. The first kappa shape index (κ1) is 17.8. The number of aryl methyl sites for hydroxylation is 2. The monoisotopic (exact) mass is 320 g/mol. The van der Waals surface area contributed by atoms with Crippen LogP contribution in [0.4, 0.5) is 4.79 Å². The molecule has 130 valence electrons. The van der Waals surface area contributed by atoms with Crippen molar-refractivity contribution in [1.29, 1.82) is 0 Å². The summed E-state index contributed by atoms with van der Waals surface area (Å²) in [7, 11) is 1.97. The maximum atomic E-state index is 12.7. The number of hydrogen-bond donors (Lipinski definition) is 1. The van der Waals surface area contributed by atoms with E-state index in [1.807, 2.05) is 18.7 Å². The highest BCUT2D eigenvalue weighted by Gasteiger charge is 2.37. The van der Waals surface area contributed by atoms with E-state index in [2.05, 4.69) is 49.9 Å². The fraction of sp³-hybridized carbons (Fsp3) is 0.778. The second kappa shape index (κ2) is 6.93. The molecule has 0 spiro atoms. The maximum absolute atomic E-state index is 12.7. The fourth-order valence-electron chi connectivity index (χ4n) is 3.11. The molecule has 1 aliphatic carbocycles. The van der Waals surface area contributed by atoms with Crippen LogP contribution in [0, 0.1) is 19.8 Å². The van der Waals surface area contributed by atoms with Gasteiger partial charge in [0.05, 0.1) is 5.69 Å². The van der Waals surface area contributed by atoms with Gasteiger partial charge in [-0.15, -0.1) is 0 Å². The Morgan fingerprint density at radius 2 is 1.91 bits per heavy atom. The molecule has 1 fully saturated rings. The Labute approximate surface area is 140 Å². The number of carbonyl (C=O) groups excluding carboxylic acids is 1. The molecule has 1 heterocycles. The Bertz CT molecular complexity index is 560. The molecule has 23 heavy (non-hydrogen) atoms. The van der Waals surface area contributed by atoms with Gasteiger partial charge in [0, 0.05) is 30.9 Å². The van der Waals surface area contributed by atoms with E-state index in [9.17, 15) is 4.79 Å². The Kier molecular flexibility index (Phi) is 5.37. The second-order valence-electron chi connectivity index (χ2n) is 7.45. The van der Waals surface area contributed by atoms with E-state index in [0.29, 0.717) is 12.0 Å². The quantitative estimate of drug-likeness (QED) is 0.875. The minimum atomic E-state index is 0.0837. The van der Waals surface area contributed by atoms with Crippen molar-refractivity contribution in [3.63, 3.8) is 0 Å². The lowest BCUT2D eigenvalue weighted by molar-refractivity contribution is 0.154. The normalized spacial score (nSPS) is 17.2. The third-order valence-electron chi connectivity index (χ3n) is 5.12. The summed E-state index contributed by atoms with van der Waals surface area (Å²) in [5.74, 6) is 0.472. The van der Waals surface area contributed by atoms with Crippen LogP contribution in [0.3, 0.4) is 0 Å². The topological polar surface area (TPSA) is 50.2 Å². The van der Waals surface area contributed by atoms with Crippen LogP contribution in [0.2, 0.25) is 0 Å². The van der Waals surface area contributed by atoms with Crippen molar-refractivity contribution in [3.8, 4) is 0 Å². The molecule has 2 atom stereocenters. The van der Waals surface area contributed by atoms with E-state index in [-0.39, 0.29) is 18.1 Å². The highest BCUT2D eigenvalue weighted by Crippen LogP contribution is 2.30. The molecular formula is C18H32N4O. The zero-order valence-electron chi connectivity index (χ0n) is 15.7. The Morgan fingerprint density at radius 1 is 1.30 bits per heavy atom. The lowest BCUT2D eigenvalue weighted by Gasteiger charge is -2.33. The number of carbonyl (C=O) groups is 1. The Hall–Kier alpha value is -1.52. The smallest absolute Gasteiger partial charge is 0.318 e. The summed E-state index contributed by atoms with van der Waals surface area (Å²) >= 11 is 0. The van der Waals surface area contributed by atoms with Gasteiger partial charge in [-0.3, -0.25) is 4.68 Å². The molecule has 2 amide bonds.